The van der Waals surface area contributed by atoms with Crippen molar-refractivity contribution in [1.82, 2.24) is 5.43 Å². The molecule has 0 saturated heterocycles. The van der Waals surface area contributed by atoms with E-state index < -0.39 is 0 Å². The van der Waals surface area contributed by atoms with E-state index in [-0.39, 0.29) is 12.5 Å². The minimum absolute atomic E-state index is 0.0794. The number of hydrogen-bond acceptors (Lipinski definition) is 4. The Kier molecular flexibility index (Phi) is 5.34. The zero-order valence-electron chi connectivity index (χ0n) is 11.7. The van der Waals surface area contributed by atoms with Gasteiger partial charge in [-0.25, -0.2) is 5.43 Å². The zero-order valence-corrected chi connectivity index (χ0v) is 11.7. The van der Waals surface area contributed by atoms with E-state index in [1.807, 2.05) is 42.5 Å². The summed E-state index contributed by atoms with van der Waals surface area (Å²) in [4.78, 5) is 11.5. The Balaban J connectivity index is 1.76. The van der Waals surface area contributed by atoms with Crippen molar-refractivity contribution in [2.24, 2.45) is 5.10 Å². The van der Waals surface area contributed by atoms with Crippen LogP contribution in [0.3, 0.4) is 0 Å². The van der Waals surface area contributed by atoms with Crippen molar-refractivity contribution >= 4 is 12.1 Å². The van der Waals surface area contributed by atoms with Crippen LogP contribution in [0.2, 0.25) is 0 Å². The molecule has 1 N–H and O–H groups in total. The van der Waals surface area contributed by atoms with Crippen molar-refractivity contribution in [3.8, 4) is 11.5 Å². The number of carbonyl (C=O) groups is 1. The van der Waals surface area contributed by atoms with Gasteiger partial charge in [0.05, 0.1) is 13.3 Å². The Labute approximate surface area is 123 Å². The van der Waals surface area contributed by atoms with E-state index in [4.69, 9.17) is 9.47 Å². The molecule has 0 spiro atoms. The van der Waals surface area contributed by atoms with Gasteiger partial charge in [-0.05, 0) is 42.0 Å². The molecule has 21 heavy (non-hydrogen) atoms. The summed E-state index contributed by atoms with van der Waals surface area (Å²) in [7, 11) is 1.61. The molecule has 0 heterocycles. The van der Waals surface area contributed by atoms with Crippen molar-refractivity contribution in [3.63, 3.8) is 0 Å². The molecule has 0 fully saturated rings. The third-order valence-electron chi connectivity index (χ3n) is 2.63. The maximum atomic E-state index is 11.5. The molecule has 5 heteroatoms. The van der Waals surface area contributed by atoms with E-state index in [1.165, 1.54) is 0 Å². The summed E-state index contributed by atoms with van der Waals surface area (Å²) in [6, 6.07) is 16.5. The maximum absolute atomic E-state index is 11.5. The summed E-state index contributed by atoms with van der Waals surface area (Å²) in [5.41, 5.74) is 3.27. The van der Waals surface area contributed by atoms with E-state index >= 15 is 0 Å². The van der Waals surface area contributed by atoms with Crippen LogP contribution in [-0.4, -0.2) is 25.8 Å². The van der Waals surface area contributed by atoms with Gasteiger partial charge in [-0.15, -0.1) is 0 Å². The summed E-state index contributed by atoms with van der Waals surface area (Å²) in [5.74, 6) is 1.10. The number of methoxy groups -OCH3 is 1. The highest BCUT2D eigenvalue weighted by atomic mass is 16.5. The number of rotatable bonds is 6. The molecule has 1 amide bonds. The predicted molar refractivity (Wildman–Crippen MR) is 80.7 cm³/mol. The van der Waals surface area contributed by atoms with E-state index in [2.05, 4.69) is 10.5 Å². The normalized spacial score (nSPS) is 10.3. The number of hydrazone groups is 1. The molecule has 0 aromatic heterocycles. The molecule has 2 aromatic carbocycles. The Morgan fingerprint density at radius 3 is 2.48 bits per heavy atom. The van der Waals surface area contributed by atoms with E-state index in [0.29, 0.717) is 5.75 Å². The number of carbonyl (C=O) groups excluding carboxylic acids is 1. The number of nitrogens with one attached hydrogen (secondary N) is 1. The minimum atomic E-state index is -0.316. The van der Waals surface area contributed by atoms with Crippen LogP contribution >= 0.6 is 0 Å². The van der Waals surface area contributed by atoms with E-state index in [9.17, 15) is 4.79 Å². The fourth-order valence-electron chi connectivity index (χ4n) is 1.57. The molecular formula is C16H16N2O3. The summed E-state index contributed by atoms with van der Waals surface area (Å²) in [5, 5.41) is 3.86. The third kappa shape index (κ3) is 4.99. The smallest absolute Gasteiger partial charge is 0.277 e. The summed E-state index contributed by atoms with van der Waals surface area (Å²) < 4.78 is 10.4. The Morgan fingerprint density at radius 1 is 1.10 bits per heavy atom. The lowest BCUT2D eigenvalue weighted by Crippen LogP contribution is -2.24. The van der Waals surface area contributed by atoms with Crippen molar-refractivity contribution < 1.29 is 14.3 Å². The van der Waals surface area contributed by atoms with Gasteiger partial charge < -0.3 is 9.47 Å². The van der Waals surface area contributed by atoms with Gasteiger partial charge in [-0.2, -0.15) is 5.10 Å². The molecule has 0 bridgehead atoms. The van der Waals surface area contributed by atoms with Gasteiger partial charge in [0.2, 0.25) is 0 Å². The molecule has 0 atom stereocenters. The van der Waals surface area contributed by atoms with Crippen LogP contribution in [0.25, 0.3) is 0 Å². The summed E-state index contributed by atoms with van der Waals surface area (Å²) >= 11 is 0. The second kappa shape index (κ2) is 7.69. The Morgan fingerprint density at radius 2 is 1.81 bits per heavy atom. The van der Waals surface area contributed by atoms with Crippen LogP contribution in [0.4, 0.5) is 0 Å². The van der Waals surface area contributed by atoms with Crippen molar-refractivity contribution in [1.29, 1.82) is 0 Å². The SMILES string of the molecule is COc1ccc(/C=N\NC(=O)COc2ccccc2)cc1. The van der Waals surface area contributed by atoms with E-state index in [1.54, 1.807) is 25.5 Å². The second-order valence-electron chi connectivity index (χ2n) is 4.17. The van der Waals surface area contributed by atoms with Crippen molar-refractivity contribution in [2.75, 3.05) is 13.7 Å². The topological polar surface area (TPSA) is 59.9 Å². The van der Waals surface area contributed by atoms with Gasteiger partial charge >= 0.3 is 0 Å². The molecule has 2 rings (SSSR count). The monoisotopic (exact) mass is 284 g/mol. The third-order valence-corrected chi connectivity index (χ3v) is 2.63. The second-order valence-corrected chi connectivity index (χ2v) is 4.17. The molecule has 2 aromatic rings. The van der Waals surface area contributed by atoms with Crippen LogP contribution in [0, 0.1) is 0 Å². The largest absolute Gasteiger partial charge is 0.497 e. The average Bonchev–Trinajstić information content (AvgIpc) is 2.54. The Bertz CT molecular complexity index is 595. The van der Waals surface area contributed by atoms with Crippen LogP contribution in [0.5, 0.6) is 11.5 Å². The van der Waals surface area contributed by atoms with Crippen LogP contribution in [0.1, 0.15) is 5.56 Å². The molecule has 0 aliphatic carbocycles. The zero-order chi connectivity index (χ0) is 14.9. The van der Waals surface area contributed by atoms with Gasteiger partial charge in [0.1, 0.15) is 11.5 Å². The lowest BCUT2D eigenvalue weighted by atomic mass is 10.2. The molecule has 108 valence electrons. The minimum Gasteiger partial charge on any atom is -0.497 e. The van der Waals surface area contributed by atoms with Gasteiger partial charge in [0.25, 0.3) is 5.91 Å². The first-order valence-corrected chi connectivity index (χ1v) is 6.42. The number of ether oxygens (including phenoxy) is 2. The van der Waals surface area contributed by atoms with E-state index in [0.717, 1.165) is 11.3 Å². The standard InChI is InChI=1S/C16H16N2O3/c1-20-14-9-7-13(8-10-14)11-17-18-16(19)12-21-15-5-3-2-4-6-15/h2-11H,12H2,1H3,(H,18,19)/b17-11-. The van der Waals surface area contributed by atoms with Crippen LogP contribution in [-0.2, 0) is 4.79 Å². The van der Waals surface area contributed by atoms with Gasteiger partial charge in [0.15, 0.2) is 6.61 Å². The average molecular weight is 284 g/mol. The first-order chi connectivity index (χ1) is 10.3. The quantitative estimate of drug-likeness (QED) is 0.653. The molecule has 0 unspecified atom stereocenters. The number of hydrogen-bond donors (Lipinski definition) is 1. The number of para-hydroxylation sites is 1. The number of nitrogens with zero attached hydrogens (tertiary/aromatic N) is 1. The van der Waals surface area contributed by atoms with Gasteiger partial charge in [-0.3, -0.25) is 4.79 Å². The lowest BCUT2D eigenvalue weighted by Gasteiger charge is -2.04. The Hall–Kier alpha value is -2.82. The molecule has 0 saturated carbocycles. The fourth-order valence-corrected chi connectivity index (χ4v) is 1.57. The maximum Gasteiger partial charge on any atom is 0.277 e. The molecule has 5 nitrogen and oxygen atoms in total. The molecular weight excluding hydrogens is 268 g/mol. The highest BCUT2D eigenvalue weighted by Gasteiger charge is 2.00. The summed E-state index contributed by atoms with van der Waals surface area (Å²) in [6.07, 6.45) is 1.56. The number of amides is 1. The predicted octanol–water partition coefficient (Wildman–Crippen LogP) is 2.22. The first kappa shape index (κ1) is 14.6. The molecule has 0 aliphatic rings. The van der Waals surface area contributed by atoms with Gasteiger partial charge in [0, 0.05) is 0 Å². The molecule has 0 aliphatic heterocycles. The summed E-state index contributed by atoms with van der Waals surface area (Å²) in [6.45, 7) is -0.0794. The van der Waals surface area contributed by atoms with Crippen molar-refractivity contribution in [3.05, 3.63) is 60.2 Å². The molecule has 0 radical (unpaired) electrons. The van der Waals surface area contributed by atoms with Crippen molar-refractivity contribution in [2.45, 2.75) is 0 Å². The number of benzene rings is 2. The highest BCUT2D eigenvalue weighted by Crippen LogP contribution is 2.09. The lowest BCUT2D eigenvalue weighted by molar-refractivity contribution is -0.123. The first-order valence-electron chi connectivity index (χ1n) is 6.42. The highest BCUT2D eigenvalue weighted by molar-refractivity contribution is 5.83. The van der Waals surface area contributed by atoms with Gasteiger partial charge in [-0.1, -0.05) is 18.2 Å². The fraction of sp³-hybridized carbons (Fsp3) is 0.125. The van der Waals surface area contributed by atoms with Crippen LogP contribution < -0.4 is 14.9 Å². The van der Waals surface area contributed by atoms with Crippen LogP contribution in [0.15, 0.2) is 59.7 Å².